The first-order chi connectivity index (χ1) is 16.8. The first-order valence-electron chi connectivity index (χ1n) is 12.0. The Hall–Kier alpha value is -3.68. The lowest BCUT2D eigenvalue weighted by Crippen LogP contribution is -2.36. The van der Waals surface area contributed by atoms with Crippen LogP contribution in [-0.4, -0.2) is 66.6 Å². The fourth-order valence-electron chi connectivity index (χ4n) is 4.55. The summed E-state index contributed by atoms with van der Waals surface area (Å²) in [6.07, 6.45) is 2.78. The molecule has 35 heavy (non-hydrogen) atoms. The molecule has 0 radical (unpaired) electrons. The van der Waals surface area contributed by atoms with Gasteiger partial charge in [0.05, 0.1) is 0 Å². The van der Waals surface area contributed by atoms with Gasteiger partial charge in [0.25, 0.3) is 11.8 Å². The van der Waals surface area contributed by atoms with E-state index in [1.807, 2.05) is 12.1 Å². The number of benzene rings is 2. The van der Waals surface area contributed by atoms with E-state index in [1.165, 1.54) is 9.80 Å². The zero-order valence-electron chi connectivity index (χ0n) is 20.0. The van der Waals surface area contributed by atoms with Crippen molar-refractivity contribution >= 4 is 29.2 Å². The highest BCUT2D eigenvalue weighted by molar-refractivity contribution is 6.04. The Morgan fingerprint density at radius 3 is 2.46 bits per heavy atom. The van der Waals surface area contributed by atoms with Crippen molar-refractivity contribution < 1.29 is 23.9 Å². The number of fused-ring (bicyclic) bond motifs is 1. The Kier molecular flexibility index (Phi) is 6.05. The molecule has 0 N–H and O–H groups in total. The maximum atomic E-state index is 13.1. The predicted molar refractivity (Wildman–Crippen MR) is 129 cm³/mol. The van der Waals surface area contributed by atoms with Gasteiger partial charge >= 0.3 is 0 Å². The zero-order valence-corrected chi connectivity index (χ0v) is 20.0. The second-order valence-electron chi connectivity index (χ2n) is 9.77. The molecule has 0 unspecified atom stereocenters. The number of anilines is 1. The van der Waals surface area contributed by atoms with Gasteiger partial charge in [-0.3, -0.25) is 19.2 Å². The van der Waals surface area contributed by atoms with E-state index < -0.39 is 6.10 Å². The van der Waals surface area contributed by atoms with Gasteiger partial charge in [0.2, 0.25) is 5.91 Å². The van der Waals surface area contributed by atoms with Crippen molar-refractivity contribution in [3.63, 3.8) is 0 Å². The predicted octanol–water partition coefficient (Wildman–Crippen LogP) is 2.90. The molecule has 8 heteroatoms. The molecule has 8 nitrogen and oxygen atoms in total. The summed E-state index contributed by atoms with van der Waals surface area (Å²) < 4.78 is 5.94. The number of amides is 3. The minimum atomic E-state index is -0.624. The molecule has 0 spiro atoms. The molecule has 1 saturated carbocycles. The van der Waals surface area contributed by atoms with Gasteiger partial charge in [0, 0.05) is 56.8 Å². The average molecular weight is 476 g/mol. The van der Waals surface area contributed by atoms with Crippen LogP contribution < -0.4 is 9.64 Å². The SMILES string of the molecule is CN(C)C(=O)CN1Cc2ccc(N3CC[C@@H](Oc4ccc(C(=O)CC5CC5)cc4)C3=O)cc2C1=O. The van der Waals surface area contributed by atoms with E-state index in [-0.39, 0.29) is 30.0 Å². The van der Waals surface area contributed by atoms with E-state index in [0.717, 1.165) is 18.4 Å². The molecule has 2 heterocycles. The molecule has 1 saturated heterocycles. The Bertz CT molecular complexity index is 1190. The van der Waals surface area contributed by atoms with Gasteiger partial charge < -0.3 is 19.4 Å². The second-order valence-corrected chi connectivity index (χ2v) is 9.77. The van der Waals surface area contributed by atoms with Gasteiger partial charge in [0.1, 0.15) is 12.3 Å². The standard InChI is InChI=1S/C27H29N3O5/c1-28(2)25(32)16-29-15-19-5-8-20(14-22(19)26(29)33)30-12-11-24(27(30)34)35-21-9-6-18(7-10-21)23(31)13-17-3-4-17/h5-10,14,17,24H,3-4,11-13,15-16H2,1-2H3/t24-/m1/s1. The van der Waals surface area contributed by atoms with Gasteiger partial charge in [-0.05, 0) is 60.7 Å². The van der Waals surface area contributed by atoms with Crippen molar-refractivity contribution in [2.45, 2.75) is 38.3 Å². The van der Waals surface area contributed by atoms with Crippen LogP contribution in [-0.2, 0) is 16.1 Å². The van der Waals surface area contributed by atoms with Crippen LogP contribution >= 0.6 is 0 Å². The number of Topliss-reactive ketones (excluding diaryl/α,β-unsaturated/α-hetero) is 1. The molecular weight excluding hydrogens is 446 g/mol. The monoisotopic (exact) mass is 475 g/mol. The summed E-state index contributed by atoms with van der Waals surface area (Å²) in [4.78, 5) is 54.9. The number of ether oxygens (including phenoxy) is 1. The summed E-state index contributed by atoms with van der Waals surface area (Å²) in [7, 11) is 3.32. The van der Waals surface area contributed by atoms with Crippen LogP contribution in [0.15, 0.2) is 42.5 Å². The van der Waals surface area contributed by atoms with E-state index in [0.29, 0.717) is 54.4 Å². The van der Waals surface area contributed by atoms with Gasteiger partial charge in [-0.15, -0.1) is 0 Å². The van der Waals surface area contributed by atoms with Crippen molar-refractivity contribution in [3.8, 4) is 5.75 Å². The normalized spacial score (nSPS) is 19.2. The number of carbonyl (C=O) groups excluding carboxylic acids is 4. The van der Waals surface area contributed by atoms with Crippen LogP contribution in [0.4, 0.5) is 5.69 Å². The molecule has 1 aliphatic carbocycles. The molecule has 2 aromatic rings. The quantitative estimate of drug-likeness (QED) is 0.548. The van der Waals surface area contributed by atoms with Crippen LogP contribution in [0, 0.1) is 5.92 Å². The lowest BCUT2D eigenvalue weighted by atomic mass is 10.1. The summed E-state index contributed by atoms with van der Waals surface area (Å²) in [5, 5.41) is 0. The van der Waals surface area contributed by atoms with Crippen LogP contribution in [0.5, 0.6) is 5.75 Å². The number of rotatable bonds is 8. The molecule has 1 atom stereocenters. The van der Waals surface area contributed by atoms with E-state index in [2.05, 4.69) is 0 Å². The fraction of sp³-hybridized carbons (Fsp3) is 0.407. The maximum Gasteiger partial charge on any atom is 0.268 e. The minimum absolute atomic E-state index is 0.0272. The van der Waals surface area contributed by atoms with Gasteiger partial charge in [0.15, 0.2) is 11.9 Å². The molecular formula is C27H29N3O5. The highest BCUT2D eigenvalue weighted by Gasteiger charge is 2.36. The van der Waals surface area contributed by atoms with Crippen molar-refractivity contribution in [2.24, 2.45) is 5.92 Å². The smallest absolute Gasteiger partial charge is 0.268 e. The Labute approximate surface area is 204 Å². The fourth-order valence-corrected chi connectivity index (χ4v) is 4.55. The Morgan fingerprint density at radius 1 is 1.03 bits per heavy atom. The number of ketones is 1. The largest absolute Gasteiger partial charge is 0.481 e. The van der Waals surface area contributed by atoms with Crippen LogP contribution in [0.2, 0.25) is 0 Å². The summed E-state index contributed by atoms with van der Waals surface area (Å²) >= 11 is 0. The number of hydrogen-bond donors (Lipinski definition) is 0. The second kappa shape index (κ2) is 9.17. The number of hydrogen-bond acceptors (Lipinski definition) is 5. The van der Waals surface area contributed by atoms with Crippen molar-refractivity contribution in [2.75, 3.05) is 32.1 Å². The number of carbonyl (C=O) groups is 4. The third-order valence-corrected chi connectivity index (χ3v) is 6.89. The van der Waals surface area contributed by atoms with Gasteiger partial charge in [-0.25, -0.2) is 0 Å². The lowest BCUT2D eigenvalue weighted by Gasteiger charge is -2.18. The third-order valence-electron chi connectivity index (χ3n) is 6.89. The van der Waals surface area contributed by atoms with Crippen molar-refractivity contribution in [3.05, 3.63) is 59.2 Å². The van der Waals surface area contributed by atoms with Gasteiger partial charge in [-0.1, -0.05) is 6.07 Å². The zero-order chi connectivity index (χ0) is 24.7. The Balaban J connectivity index is 1.22. The van der Waals surface area contributed by atoms with E-state index >= 15 is 0 Å². The summed E-state index contributed by atoms with van der Waals surface area (Å²) in [6, 6.07) is 12.4. The number of likely N-dealkylation sites (N-methyl/N-ethyl adjacent to an activating group) is 1. The molecule has 2 aromatic carbocycles. The van der Waals surface area contributed by atoms with Gasteiger partial charge in [-0.2, -0.15) is 0 Å². The third kappa shape index (κ3) is 4.78. The summed E-state index contributed by atoms with van der Waals surface area (Å²) in [5.74, 6) is 0.744. The molecule has 5 rings (SSSR count). The summed E-state index contributed by atoms with van der Waals surface area (Å²) in [5.41, 5.74) is 2.70. The molecule has 2 fully saturated rings. The molecule has 3 amide bonds. The van der Waals surface area contributed by atoms with E-state index in [1.54, 1.807) is 49.3 Å². The average Bonchev–Trinajstić information content (AvgIpc) is 3.52. The molecule has 2 aliphatic heterocycles. The van der Waals surface area contributed by atoms with Crippen LogP contribution in [0.25, 0.3) is 0 Å². The lowest BCUT2D eigenvalue weighted by molar-refractivity contribution is -0.129. The van der Waals surface area contributed by atoms with Crippen LogP contribution in [0.3, 0.4) is 0 Å². The molecule has 0 bridgehead atoms. The van der Waals surface area contributed by atoms with E-state index in [4.69, 9.17) is 4.74 Å². The molecule has 182 valence electrons. The highest BCUT2D eigenvalue weighted by Crippen LogP contribution is 2.34. The van der Waals surface area contributed by atoms with Crippen LogP contribution in [0.1, 0.15) is 52.0 Å². The van der Waals surface area contributed by atoms with Crippen molar-refractivity contribution in [1.29, 1.82) is 0 Å². The first kappa shape index (κ1) is 23.1. The first-order valence-corrected chi connectivity index (χ1v) is 12.0. The molecule has 3 aliphatic rings. The Morgan fingerprint density at radius 2 is 1.77 bits per heavy atom. The maximum absolute atomic E-state index is 13.1. The number of nitrogens with zero attached hydrogens (tertiary/aromatic N) is 3. The van der Waals surface area contributed by atoms with Crippen molar-refractivity contribution in [1.82, 2.24) is 9.80 Å². The molecule has 0 aromatic heterocycles. The minimum Gasteiger partial charge on any atom is -0.481 e. The summed E-state index contributed by atoms with van der Waals surface area (Å²) in [6.45, 7) is 0.892. The highest BCUT2D eigenvalue weighted by atomic mass is 16.5. The van der Waals surface area contributed by atoms with E-state index in [9.17, 15) is 19.2 Å². The topological polar surface area (TPSA) is 87.2 Å².